The number of benzene rings is 1. The number of hydrogen-bond acceptors (Lipinski definition) is 4. The summed E-state index contributed by atoms with van der Waals surface area (Å²) in [6.07, 6.45) is 0. The van der Waals surface area contributed by atoms with E-state index >= 15 is 0 Å². The van der Waals surface area contributed by atoms with Crippen LogP contribution in [0.15, 0.2) is 24.3 Å². The van der Waals surface area contributed by atoms with Gasteiger partial charge in [-0.05, 0) is 17.7 Å². The first-order chi connectivity index (χ1) is 8.11. The van der Waals surface area contributed by atoms with Gasteiger partial charge in [-0.1, -0.05) is 19.1 Å². The van der Waals surface area contributed by atoms with Crippen molar-refractivity contribution in [3.63, 3.8) is 0 Å². The largest absolute Gasteiger partial charge is 0.497 e. The fraction of sp³-hybridized carbons (Fsp3) is 0.333. The second-order valence-electron chi connectivity index (χ2n) is 3.89. The summed E-state index contributed by atoms with van der Waals surface area (Å²) in [4.78, 5) is 22.7. The Morgan fingerprint density at radius 2 is 1.94 bits per heavy atom. The molecule has 0 aliphatic carbocycles. The van der Waals surface area contributed by atoms with Crippen LogP contribution in [0.4, 0.5) is 4.79 Å². The molecule has 2 atom stereocenters. The van der Waals surface area contributed by atoms with E-state index in [4.69, 9.17) is 4.74 Å². The Morgan fingerprint density at radius 1 is 1.29 bits per heavy atom. The van der Waals surface area contributed by atoms with Crippen LogP contribution in [-0.4, -0.2) is 23.5 Å². The molecule has 0 aromatic heterocycles. The summed E-state index contributed by atoms with van der Waals surface area (Å²) in [5, 5.41) is 2.30. The lowest BCUT2D eigenvalue weighted by Crippen LogP contribution is -2.33. The summed E-state index contributed by atoms with van der Waals surface area (Å²) in [6, 6.07) is 7.08. The Kier molecular flexibility index (Phi) is 3.38. The highest BCUT2D eigenvalue weighted by Gasteiger charge is 2.35. The summed E-state index contributed by atoms with van der Waals surface area (Å²) >= 11 is 0.746. The zero-order valence-corrected chi connectivity index (χ0v) is 10.4. The van der Waals surface area contributed by atoms with Gasteiger partial charge in [0.2, 0.25) is 5.12 Å². The number of hydrogen-bond donors (Lipinski definition) is 1. The normalized spacial score (nSPS) is 21.2. The van der Waals surface area contributed by atoms with Crippen LogP contribution in [0.2, 0.25) is 0 Å². The summed E-state index contributed by atoms with van der Waals surface area (Å²) in [5.41, 5.74) is 1.01. The molecule has 1 heterocycles. The third-order valence-electron chi connectivity index (χ3n) is 2.86. The minimum absolute atomic E-state index is 0.0349. The van der Waals surface area contributed by atoms with E-state index in [1.165, 1.54) is 0 Å². The van der Waals surface area contributed by atoms with Crippen molar-refractivity contribution < 1.29 is 14.3 Å². The van der Waals surface area contributed by atoms with Gasteiger partial charge in [-0.25, -0.2) is 0 Å². The lowest BCUT2D eigenvalue weighted by atomic mass is 9.94. The predicted molar refractivity (Wildman–Crippen MR) is 66.3 cm³/mol. The Hall–Kier alpha value is -1.49. The number of amides is 1. The first-order valence-corrected chi connectivity index (χ1v) is 6.09. The van der Waals surface area contributed by atoms with E-state index in [9.17, 15) is 9.59 Å². The Labute approximate surface area is 104 Å². The highest BCUT2D eigenvalue weighted by molar-refractivity contribution is 8.26. The van der Waals surface area contributed by atoms with Crippen LogP contribution in [0.5, 0.6) is 5.75 Å². The van der Waals surface area contributed by atoms with Gasteiger partial charge in [0.05, 0.1) is 7.11 Å². The van der Waals surface area contributed by atoms with Gasteiger partial charge in [-0.3, -0.25) is 9.59 Å². The highest BCUT2D eigenvalue weighted by Crippen LogP contribution is 2.28. The number of carbonyl (C=O) groups excluding carboxylic acids is 2. The van der Waals surface area contributed by atoms with Crippen LogP contribution in [0.25, 0.3) is 0 Å². The Morgan fingerprint density at radius 3 is 2.41 bits per heavy atom. The van der Waals surface area contributed by atoms with Gasteiger partial charge in [0.25, 0.3) is 5.24 Å². The quantitative estimate of drug-likeness (QED) is 0.894. The second-order valence-corrected chi connectivity index (χ2v) is 4.87. The average molecular weight is 251 g/mol. The van der Waals surface area contributed by atoms with Gasteiger partial charge in [-0.2, -0.15) is 0 Å². The monoisotopic (exact) mass is 251 g/mol. The van der Waals surface area contributed by atoms with Gasteiger partial charge < -0.3 is 10.1 Å². The van der Waals surface area contributed by atoms with E-state index in [1.807, 2.05) is 31.2 Å². The minimum atomic E-state index is -0.430. The number of carbonyl (C=O) groups is 2. The number of nitrogens with one attached hydrogen (secondary N) is 1. The van der Waals surface area contributed by atoms with Crippen LogP contribution in [-0.2, 0) is 4.79 Å². The van der Waals surface area contributed by atoms with E-state index < -0.39 is 6.04 Å². The summed E-state index contributed by atoms with van der Waals surface area (Å²) in [7, 11) is 1.61. The molecule has 1 aliphatic rings. The molecule has 1 saturated heterocycles. The fourth-order valence-corrected chi connectivity index (χ4v) is 2.56. The SMILES string of the molecule is COc1ccc(C(C)C2NC(=O)SC2=O)cc1. The fourth-order valence-electron chi connectivity index (χ4n) is 1.80. The van der Waals surface area contributed by atoms with E-state index in [0.29, 0.717) is 0 Å². The third-order valence-corrected chi connectivity index (χ3v) is 3.62. The van der Waals surface area contributed by atoms with Crippen molar-refractivity contribution in [1.82, 2.24) is 5.32 Å². The molecule has 1 fully saturated rings. The van der Waals surface area contributed by atoms with Crippen molar-refractivity contribution in [2.45, 2.75) is 18.9 Å². The minimum Gasteiger partial charge on any atom is -0.497 e. The van der Waals surface area contributed by atoms with Crippen LogP contribution < -0.4 is 10.1 Å². The molecule has 2 rings (SSSR count). The molecule has 1 aromatic rings. The van der Waals surface area contributed by atoms with Crippen LogP contribution in [0.1, 0.15) is 18.4 Å². The molecule has 0 spiro atoms. The van der Waals surface area contributed by atoms with Crippen molar-refractivity contribution in [1.29, 1.82) is 0 Å². The predicted octanol–water partition coefficient (Wildman–Crippen LogP) is 2.15. The van der Waals surface area contributed by atoms with E-state index in [-0.39, 0.29) is 16.3 Å². The van der Waals surface area contributed by atoms with Crippen LogP contribution >= 0.6 is 11.8 Å². The van der Waals surface area contributed by atoms with Crippen LogP contribution in [0.3, 0.4) is 0 Å². The molecule has 90 valence electrons. The number of rotatable bonds is 3. The lowest BCUT2D eigenvalue weighted by Gasteiger charge is -2.17. The molecule has 17 heavy (non-hydrogen) atoms. The summed E-state index contributed by atoms with van der Waals surface area (Å²) in [6.45, 7) is 1.93. The van der Waals surface area contributed by atoms with E-state index in [0.717, 1.165) is 23.1 Å². The second kappa shape index (κ2) is 4.79. The lowest BCUT2D eigenvalue weighted by molar-refractivity contribution is -0.112. The molecule has 2 unspecified atom stereocenters. The van der Waals surface area contributed by atoms with Gasteiger partial charge in [0.1, 0.15) is 11.8 Å². The van der Waals surface area contributed by atoms with Gasteiger partial charge in [0, 0.05) is 17.7 Å². The standard InChI is InChI=1S/C12H13NO3S/c1-7(10-11(14)17-12(15)13-10)8-3-5-9(16-2)6-4-8/h3-7,10H,1-2H3,(H,13,15). The molecule has 0 saturated carbocycles. The van der Waals surface area contributed by atoms with Crippen molar-refractivity contribution in [2.24, 2.45) is 0 Å². The summed E-state index contributed by atoms with van der Waals surface area (Å²) < 4.78 is 5.07. The maximum absolute atomic E-state index is 11.6. The van der Waals surface area contributed by atoms with Crippen molar-refractivity contribution in [3.05, 3.63) is 29.8 Å². The topological polar surface area (TPSA) is 55.4 Å². The van der Waals surface area contributed by atoms with E-state index in [1.54, 1.807) is 7.11 Å². The van der Waals surface area contributed by atoms with Gasteiger partial charge >= 0.3 is 0 Å². The molecule has 1 aliphatic heterocycles. The van der Waals surface area contributed by atoms with Crippen molar-refractivity contribution in [3.8, 4) is 5.75 Å². The molecule has 1 amide bonds. The Bertz CT molecular complexity index is 444. The van der Waals surface area contributed by atoms with Crippen LogP contribution in [0, 0.1) is 0 Å². The number of ether oxygens (including phenoxy) is 1. The average Bonchev–Trinajstić information content (AvgIpc) is 2.68. The highest BCUT2D eigenvalue weighted by atomic mass is 32.2. The van der Waals surface area contributed by atoms with Gasteiger partial charge in [0.15, 0.2) is 0 Å². The van der Waals surface area contributed by atoms with Gasteiger partial charge in [-0.15, -0.1) is 0 Å². The number of methoxy groups -OCH3 is 1. The number of thioether (sulfide) groups is 1. The molecular formula is C12H13NO3S. The first-order valence-electron chi connectivity index (χ1n) is 5.28. The molecule has 0 radical (unpaired) electrons. The Balaban J connectivity index is 2.16. The van der Waals surface area contributed by atoms with Crippen molar-refractivity contribution in [2.75, 3.05) is 7.11 Å². The van der Waals surface area contributed by atoms with E-state index in [2.05, 4.69) is 5.32 Å². The molecule has 5 heteroatoms. The first kappa shape index (κ1) is 12.0. The molecule has 4 nitrogen and oxygen atoms in total. The summed E-state index contributed by atoms with van der Waals surface area (Å²) in [5.74, 6) is 0.740. The molecule has 0 bridgehead atoms. The smallest absolute Gasteiger partial charge is 0.287 e. The third kappa shape index (κ3) is 2.44. The molecule has 1 N–H and O–H groups in total. The molecular weight excluding hydrogens is 238 g/mol. The maximum Gasteiger partial charge on any atom is 0.287 e. The zero-order valence-electron chi connectivity index (χ0n) is 9.60. The van der Waals surface area contributed by atoms with Crippen molar-refractivity contribution >= 4 is 22.1 Å². The molecule has 1 aromatic carbocycles. The maximum atomic E-state index is 11.6. The zero-order chi connectivity index (χ0) is 12.4.